The van der Waals surface area contributed by atoms with Crippen molar-refractivity contribution in [3.8, 4) is 5.75 Å². The Morgan fingerprint density at radius 2 is 2.00 bits per heavy atom. The van der Waals surface area contributed by atoms with Crippen LogP contribution in [0.1, 0.15) is 12.8 Å². The van der Waals surface area contributed by atoms with Gasteiger partial charge >= 0.3 is 5.69 Å². The summed E-state index contributed by atoms with van der Waals surface area (Å²) in [7, 11) is 0. The number of hydrogen-bond donors (Lipinski definition) is 3. The number of nitrogens with zero attached hydrogens (tertiary/aromatic N) is 3. The zero-order valence-electron chi connectivity index (χ0n) is 15.4. The summed E-state index contributed by atoms with van der Waals surface area (Å²) >= 11 is 0. The van der Waals surface area contributed by atoms with Gasteiger partial charge in [-0.05, 0) is 31.0 Å². The first-order valence-corrected chi connectivity index (χ1v) is 9.68. The first kappa shape index (κ1) is 18.4. The maximum atomic E-state index is 11.3. The minimum absolute atomic E-state index is 0.172. The SMILES string of the molecule is O=c1ncc2cc(OC3CCN(CC(O)N4CCNCC4)CC3)ccc2[nH]1. The summed E-state index contributed by atoms with van der Waals surface area (Å²) in [6.45, 7) is 6.25. The van der Waals surface area contributed by atoms with Crippen LogP contribution in [0.4, 0.5) is 0 Å². The van der Waals surface area contributed by atoms with Gasteiger partial charge in [-0.2, -0.15) is 0 Å². The van der Waals surface area contributed by atoms with Gasteiger partial charge in [-0.25, -0.2) is 9.78 Å². The van der Waals surface area contributed by atoms with Crippen LogP contribution in [0.2, 0.25) is 0 Å². The van der Waals surface area contributed by atoms with Gasteiger partial charge in [0.25, 0.3) is 0 Å². The third-order valence-electron chi connectivity index (χ3n) is 5.42. The number of piperazine rings is 1. The molecule has 2 aromatic rings. The van der Waals surface area contributed by atoms with Gasteiger partial charge in [0.2, 0.25) is 0 Å². The molecule has 2 aliphatic rings. The van der Waals surface area contributed by atoms with Crippen molar-refractivity contribution < 1.29 is 9.84 Å². The summed E-state index contributed by atoms with van der Waals surface area (Å²) in [6.07, 6.45) is 3.23. The van der Waals surface area contributed by atoms with E-state index in [4.69, 9.17) is 4.74 Å². The topological polar surface area (TPSA) is 93.7 Å². The number of rotatable bonds is 5. The number of β-amino-alcohol motifs (C(OH)–C–C–N with tert-alkyl or cyclic N) is 1. The van der Waals surface area contributed by atoms with Crippen molar-refractivity contribution in [3.63, 3.8) is 0 Å². The zero-order valence-corrected chi connectivity index (χ0v) is 15.4. The highest BCUT2D eigenvalue weighted by molar-refractivity contribution is 5.78. The first-order valence-electron chi connectivity index (χ1n) is 9.68. The van der Waals surface area contributed by atoms with Crippen molar-refractivity contribution in [2.24, 2.45) is 0 Å². The molecule has 1 unspecified atom stereocenters. The van der Waals surface area contributed by atoms with Gasteiger partial charge in [0.05, 0.1) is 5.52 Å². The van der Waals surface area contributed by atoms with Crippen LogP contribution in [0.25, 0.3) is 10.9 Å². The Bertz CT molecular complexity index is 812. The Balaban J connectivity index is 1.28. The van der Waals surface area contributed by atoms with Crippen LogP contribution in [0, 0.1) is 0 Å². The molecule has 3 heterocycles. The highest BCUT2D eigenvalue weighted by atomic mass is 16.5. The van der Waals surface area contributed by atoms with Crippen molar-refractivity contribution >= 4 is 10.9 Å². The normalized spacial score (nSPS) is 21.4. The number of aromatic nitrogens is 2. The van der Waals surface area contributed by atoms with Crippen molar-refractivity contribution in [2.75, 3.05) is 45.8 Å². The average Bonchev–Trinajstić information content (AvgIpc) is 2.70. The molecule has 1 atom stereocenters. The number of fused-ring (bicyclic) bond motifs is 1. The number of benzene rings is 1. The van der Waals surface area contributed by atoms with Crippen LogP contribution in [0.3, 0.4) is 0 Å². The molecule has 1 aromatic carbocycles. The average molecular weight is 373 g/mol. The molecular weight excluding hydrogens is 346 g/mol. The van der Waals surface area contributed by atoms with Crippen LogP contribution >= 0.6 is 0 Å². The van der Waals surface area contributed by atoms with Crippen LogP contribution in [0.15, 0.2) is 29.2 Å². The molecule has 0 saturated carbocycles. The number of piperidine rings is 1. The molecule has 0 radical (unpaired) electrons. The molecule has 0 bridgehead atoms. The van der Waals surface area contributed by atoms with Crippen LogP contribution in [-0.4, -0.2) is 83.0 Å². The molecule has 146 valence electrons. The molecule has 0 amide bonds. The first-order chi connectivity index (χ1) is 13.2. The predicted molar refractivity (Wildman–Crippen MR) is 103 cm³/mol. The van der Waals surface area contributed by atoms with Gasteiger partial charge in [-0.3, -0.25) is 9.80 Å². The molecule has 2 aliphatic heterocycles. The molecule has 27 heavy (non-hydrogen) atoms. The van der Waals surface area contributed by atoms with E-state index >= 15 is 0 Å². The lowest BCUT2D eigenvalue weighted by atomic mass is 10.1. The Morgan fingerprint density at radius 3 is 2.78 bits per heavy atom. The lowest BCUT2D eigenvalue weighted by molar-refractivity contribution is -0.0354. The molecule has 3 N–H and O–H groups in total. The molecule has 2 fully saturated rings. The smallest absolute Gasteiger partial charge is 0.345 e. The van der Waals surface area contributed by atoms with E-state index in [1.54, 1.807) is 6.20 Å². The molecule has 8 nitrogen and oxygen atoms in total. The van der Waals surface area contributed by atoms with E-state index in [2.05, 4.69) is 25.1 Å². The van der Waals surface area contributed by atoms with E-state index in [-0.39, 0.29) is 18.0 Å². The van der Waals surface area contributed by atoms with Crippen molar-refractivity contribution in [3.05, 3.63) is 34.9 Å². The summed E-state index contributed by atoms with van der Waals surface area (Å²) < 4.78 is 6.14. The monoisotopic (exact) mass is 373 g/mol. The van der Waals surface area contributed by atoms with Crippen LogP contribution in [0.5, 0.6) is 5.75 Å². The molecule has 4 rings (SSSR count). The van der Waals surface area contributed by atoms with E-state index in [0.29, 0.717) is 6.54 Å². The number of aliphatic hydroxyl groups is 1. The van der Waals surface area contributed by atoms with Crippen molar-refractivity contribution in [1.29, 1.82) is 0 Å². The fourth-order valence-electron chi connectivity index (χ4n) is 3.84. The molecule has 1 aromatic heterocycles. The Morgan fingerprint density at radius 1 is 1.22 bits per heavy atom. The number of aliphatic hydroxyl groups excluding tert-OH is 1. The van der Waals surface area contributed by atoms with E-state index in [1.807, 2.05) is 18.2 Å². The molecule has 0 spiro atoms. The summed E-state index contributed by atoms with van der Waals surface area (Å²) in [4.78, 5) is 22.2. The highest BCUT2D eigenvalue weighted by Gasteiger charge is 2.25. The van der Waals surface area contributed by atoms with E-state index in [1.165, 1.54) is 0 Å². The van der Waals surface area contributed by atoms with Gasteiger partial charge in [-0.15, -0.1) is 0 Å². The third kappa shape index (κ3) is 4.65. The second kappa shape index (κ2) is 8.35. The summed E-state index contributed by atoms with van der Waals surface area (Å²) in [5.74, 6) is 0.802. The molecular formula is C19H27N5O3. The van der Waals surface area contributed by atoms with Gasteiger partial charge in [0, 0.05) is 57.4 Å². The Hall–Kier alpha value is -2.00. The number of likely N-dealkylation sites (tertiary alicyclic amines) is 1. The second-order valence-electron chi connectivity index (χ2n) is 7.32. The molecule has 0 aliphatic carbocycles. The van der Waals surface area contributed by atoms with Gasteiger partial charge in [0.15, 0.2) is 0 Å². The standard InChI is InChI=1S/C19H27N5O3/c25-18(24-9-5-20-6-10-24)13-23-7-3-15(4-8-23)27-16-1-2-17-14(11-16)12-21-19(26)22-17/h1-2,11-12,15,18,20,25H,3-10,13H2,(H,21,22,26). The van der Waals surface area contributed by atoms with Crippen molar-refractivity contribution in [1.82, 2.24) is 25.1 Å². The molecule has 2 saturated heterocycles. The number of hydrogen-bond acceptors (Lipinski definition) is 7. The maximum absolute atomic E-state index is 11.3. The molecule has 8 heteroatoms. The minimum atomic E-state index is -0.389. The van der Waals surface area contributed by atoms with E-state index < -0.39 is 0 Å². The van der Waals surface area contributed by atoms with E-state index in [0.717, 1.165) is 68.8 Å². The quantitative estimate of drug-likeness (QED) is 0.679. The predicted octanol–water partition coefficient (Wildman–Crippen LogP) is -0.0101. The van der Waals surface area contributed by atoms with Gasteiger partial charge in [0.1, 0.15) is 18.1 Å². The number of ether oxygens (including phenoxy) is 1. The highest BCUT2D eigenvalue weighted by Crippen LogP contribution is 2.22. The number of aromatic amines is 1. The van der Waals surface area contributed by atoms with Gasteiger partial charge < -0.3 is 20.1 Å². The lowest BCUT2D eigenvalue weighted by Crippen LogP contribution is -2.53. The summed E-state index contributed by atoms with van der Waals surface area (Å²) in [5.41, 5.74) is 0.422. The Kier molecular flexibility index (Phi) is 5.68. The third-order valence-corrected chi connectivity index (χ3v) is 5.42. The van der Waals surface area contributed by atoms with Crippen LogP contribution in [-0.2, 0) is 0 Å². The van der Waals surface area contributed by atoms with Crippen LogP contribution < -0.4 is 15.7 Å². The zero-order chi connectivity index (χ0) is 18.6. The van der Waals surface area contributed by atoms with Gasteiger partial charge in [-0.1, -0.05) is 0 Å². The fourth-order valence-corrected chi connectivity index (χ4v) is 3.84. The maximum Gasteiger partial charge on any atom is 0.345 e. The number of H-pyrrole nitrogens is 1. The summed E-state index contributed by atoms with van der Waals surface area (Å²) in [6, 6.07) is 5.66. The second-order valence-corrected chi connectivity index (χ2v) is 7.32. The Labute approximate surface area is 158 Å². The van der Waals surface area contributed by atoms with E-state index in [9.17, 15) is 9.90 Å². The lowest BCUT2D eigenvalue weighted by Gasteiger charge is -2.37. The minimum Gasteiger partial charge on any atom is -0.490 e. The number of nitrogens with one attached hydrogen (secondary N) is 2. The summed E-state index contributed by atoms with van der Waals surface area (Å²) in [5, 5.41) is 14.6. The fraction of sp³-hybridized carbons (Fsp3) is 0.579. The van der Waals surface area contributed by atoms with Crippen molar-refractivity contribution in [2.45, 2.75) is 25.2 Å². The largest absolute Gasteiger partial charge is 0.490 e.